The quantitative estimate of drug-likeness (QED) is 0.749. The van der Waals surface area contributed by atoms with Crippen molar-refractivity contribution in [3.05, 3.63) is 0 Å². The van der Waals surface area contributed by atoms with Crippen molar-refractivity contribution < 1.29 is 4.79 Å². The largest absolute Gasteiger partial charge is 0.353 e. The van der Waals surface area contributed by atoms with Crippen LogP contribution >= 0.6 is 0 Å². The van der Waals surface area contributed by atoms with Crippen molar-refractivity contribution in [1.82, 2.24) is 10.2 Å². The lowest BCUT2D eigenvalue weighted by atomic mass is 9.76. The maximum Gasteiger partial charge on any atom is 0.221 e. The summed E-state index contributed by atoms with van der Waals surface area (Å²) in [5.41, 5.74) is 6.26. The number of amides is 1. The van der Waals surface area contributed by atoms with E-state index in [9.17, 15) is 4.79 Å². The van der Waals surface area contributed by atoms with Gasteiger partial charge in [0.25, 0.3) is 0 Å². The maximum atomic E-state index is 11.9. The van der Waals surface area contributed by atoms with Crippen LogP contribution in [0, 0.1) is 5.92 Å². The molecule has 0 aromatic rings. The third-order valence-electron chi connectivity index (χ3n) is 5.19. The van der Waals surface area contributed by atoms with Crippen molar-refractivity contribution in [2.24, 2.45) is 11.7 Å². The predicted molar refractivity (Wildman–Crippen MR) is 82.4 cm³/mol. The Hall–Kier alpha value is -0.610. The summed E-state index contributed by atoms with van der Waals surface area (Å²) in [4.78, 5) is 14.3. The molecule has 2 aliphatic rings. The predicted octanol–water partition coefficient (Wildman–Crippen LogP) is 1.88. The van der Waals surface area contributed by atoms with E-state index in [1.165, 1.54) is 25.7 Å². The van der Waals surface area contributed by atoms with Crippen molar-refractivity contribution in [1.29, 1.82) is 0 Å². The third kappa shape index (κ3) is 3.95. The summed E-state index contributed by atoms with van der Waals surface area (Å²) >= 11 is 0. The van der Waals surface area contributed by atoms with E-state index in [1.807, 2.05) is 0 Å². The molecule has 0 bridgehead atoms. The van der Waals surface area contributed by atoms with Crippen LogP contribution in [0.15, 0.2) is 0 Å². The second-order valence-electron chi connectivity index (χ2n) is 6.78. The van der Waals surface area contributed by atoms with Crippen molar-refractivity contribution in [2.45, 2.75) is 70.4 Å². The molecule has 2 saturated carbocycles. The first-order chi connectivity index (χ1) is 9.59. The summed E-state index contributed by atoms with van der Waals surface area (Å²) in [6, 6.07) is 0.469. The molecule has 0 saturated heterocycles. The SMILES string of the molecule is CCN(CCC(=O)NC1CC1)C1(CN)CCC(C)CC1. The number of nitrogens with two attached hydrogens (primary N) is 1. The Morgan fingerprint density at radius 3 is 2.45 bits per heavy atom. The smallest absolute Gasteiger partial charge is 0.221 e. The van der Waals surface area contributed by atoms with Crippen LogP contribution in [0.3, 0.4) is 0 Å². The molecule has 4 heteroatoms. The minimum absolute atomic E-state index is 0.140. The van der Waals surface area contributed by atoms with Gasteiger partial charge < -0.3 is 11.1 Å². The molecule has 3 N–H and O–H groups in total. The summed E-state index contributed by atoms with van der Waals surface area (Å²) in [6.07, 6.45) is 7.83. The minimum Gasteiger partial charge on any atom is -0.353 e. The Labute approximate surface area is 123 Å². The third-order valence-corrected chi connectivity index (χ3v) is 5.19. The summed E-state index contributed by atoms with van der Waals surface area (Å²) in [6.45, 7) is 7.08. The topological polar surface area (TPSA) is 58.4 Å². The molecule has 0 atom stereocenters. The maximum absolute atomic E-state index is 11.9. The standard InChI is InChI=1S/C16H31N3O/c1-3-19(11-8-15(20)18-14-4-5-14)16(12-17)9-6-13(2)7-10-16/h13-14H,3-12,17H2,1-2H3,(H,18,20). The van der Waals surface area contributed by atoms with Crippen LogP contribution in [0.2, 0.25) is 0 Å². The van der Waals surface area contributed by atoms with Gasteiger partial charge in [0.2, 0.25) is 5.91 Å². The van der Waals surface area contributed by atoms with Gasteiger partial charge in [0.15, 0.2) is 0 Å². The number of hydrogen-bond acceptors (Lipinski definition) is 3. The van der Waals surface area contributed by atoms with Crippen molar-refractivity contribution in [3.63, 3.8) is 0 Å². The first-order valence-corrected chi connectivity index (χ1v) is 8.34. The Morgan fingerprint density at radius 2 is 1.95 bits per heavy atom. The summed E-state index contributed by atoms with van der Waals surface area (Å²) in [5, 5.41) is 3.08. The van der Waals surface area contributed by atoms with Gasteiger partial charge in [0.1, 0.15) is 0 Å². The number of nitrogens with one attached hydrogen (secondary N) is 1. The highest BCUT2D eigenvalue weighted by molar-refractivity contribution is 5.76. The van der Waals surface area contributed by atoms with E-state index < -0.39 is 0 Å². The molecular formula is C16H31N3O. The van der Waals surface area contributed by atoms with Gasteiger partial charge in [0, 0.05) is 31.1 Å². The van der Waals surface area contributed by atoms with Crippen molar-refractivity contribution in [2.75, 3.05) is 19.6 Å². The highest BCUT2D eigenvalue weighted by atomic mass is 16.1. The average molecular weight is 281 g/mol. The molecule has 20 heavy (non-hydrogen) atoms. The first-order valence-electron chi connectivity index (χ1n) is 8.34. The molecule has 2 rings (SSSR count). The van der Waals surface area contributed by atoms with E-state index in [0.717, 1.165) is 38.4 Å². The molecule has 0 aromatic carbocycles. The lowest BCUT2D eigenvalue weighted by Gasteiger charge is -2.47. The summed E-state index contributed by atoms with van der Waals surface area (Å²) in [5.74, 6) is 1.04. The zero-order valence-electron chi connectivity index (χ0n) is 13.2. The lowest BCUT2D eigenvalue weighted by Crippen LogP contribution is -2.56. The molecule has 1 amide bonds. The Morgan fingerprint density at radius 1 is 1.30 bits per heavy atom. The Bertz CT molecular complexity index is 320. The molecule has 4 nitrogen and oxygen atoms in total. The Balaban J connectivity index is 1.85. The fraction of sp³-hybridized carbons (Fsp3) is 0.938. The number of likely N-dealkylation sites (N-methyl/N-ethyl adjacent to an activating group) is 1. The number of carbonyl (C=O) groups is 1. The van der Waals surface area contributed by atoms with Gasteiger partial charge in [-0.15, -0.1) is 0 Å². The molecule has 0 radical (unpaired) electrons. The molecule has 116 valence electrons. The Kier molecular flexibility index (Phi) is 5.44. The fourth-order valence-electron chi connectivity index (χ4n) is 3.44. The number of rotatable bonds is 7. The van der Waals surface area contributed by atoms with Crippen LogP contribution in [-0.4, -0.2) is 42.0 Å². The number of hydrogen-bond donors (Lipinski definition) is 2. The molecule has 0 aromatic heterocycles. The van der Waals surface area contributed by atoms with Crippen LogP contribution in [0.25, 0.3) is 0 Å². The second-order valence-corrected chi connectivity index (χ2v) is 6.78. The van der Waals surface area contributed by atoms with Crippen LogP contribution in [0.4, 0.5) is 0 Å². The molecule has 2 aliphatic carbocycles. The van der Waals surface area contributed by atoms with E-state index in [1.54, 1.807) is 0 Å². The van der Waals surface area contributed by atoms with Crippen molar-refractivity contribution >= 4 is 5.91 Å². The van der Waals surface area contributed by atoms with Gasteiger partial charge in [-0.25, -0.2) is 0 Å². The molecule has 0 heterocycles. The molecule has 0 spiro atoms. The normalized spacial score (nSPS) is 30.5. The van der Waals surface area contributed by atoms with Gasteiger partial charge in [-0.1, -0.05) is 13.8 Å². The average Bonchev–Trinajstić information content (AvgIpc) is 3.25. The number of nitrogens with zero attached hydrogens (tertiary/aromatic N) is 1. The zero-order valence-corrected chi connectivity index (χ0v) is 13.2. The van der Waals surface area contributed by atoms with E-state index in [2.05, 4.69) is 24.1 Å². The van der Waals surface area contributed by atoms with Crippen LogP contribution in [0.5, 0.6) is 0 Å². The van der Waals surface area contributed by atoms with E-state index in [0.29, 0.717) is 12.5 Å². The van der Waals surface area contributed by atoms with Gasteiger partial charge in [-0.3, -0.25) is 9.69 Å². The van der Waals surface area contributed by atoms with Crippen LogP contribution in [0.1, 0.15) is 58.8 Å². The number of carbonyl (C=O) groups excluding carboxylic acids is 1. The lowest BCUT2D eigenvalue weighted by molar-refractivity contribution is -0.122. The highest BCUT2D eigenvalue weighted by Gasteiger charge is 2.37. The van der Waals surface area contributed by atoms with E-state index in [4.69, 9.17) is 5.73 Å². The van der Waals surface area contributed by atoms with E-state index in [-0.39, 0.29) is 11.4 Å². The second kappa shape index (κ2) is 6.90. The van der Waals surface area contributed by atoms with E-state index >= 15 is 0 Å². The molecule has 0 aliphatic heterocycles. The zero-order chi connectivity index (χ0) is 14.6. The monoisotopic (exact) mass is 281 g/mol. The fourth-order valence-corrected chi connectivity index (χ4v) is 3.44. The van der Waals surface area contributed by atoms with Gasteiger partial charge in [-0.05, 0) is 51.0 Å². The van der Waals surface area contributed by atoms with Crippen LogP contribution in [-0.2, 0) is 4.79 Å². The summed E-state index contributed by atoms with van der Waals surface area (Å²) in [7, 11) is 0. The summed E-state index contributed by atoms with van der Waals surface area (Å²) < 4.78 is 0. The van der Waals surface area contributed by atoms with Gasteiger partial charge in [0.05, 0.1) is 0 Å². The molecule has 0 unspecified atom stereocenters. The van der Waals surface area contributed by atoms with Gasteiger partial charge >= 0.3 is 0 Å². The highest BCUT2D eigenvalue weighted by Crippen LogP contribution is 2.35. The van der Waals surface area contributed by atoms with Gasteiger partial charge in [-0.2, -0.15) is 0 Å². The van der Waals surface area contributed by atoms with Crippen molar-refractivity contribution in [3.8, 4) is 0 Å². The molecular weight excluding hydrogens is 250 g/mol. The first kappa shape index (κ1) is 15.8. The minimum atomic E-state index is 0.140. The molecule has 2 fully saturated rings. The van der Waals surface area contributed by atoms with Crippen LogP contribution < -0.4 is 11.1 Å².